The highest BCUT2D eigenvalue weighted by Gasteiger charge is 2.17. The lowest BCUT2D eigenvalue weighted by atomic mass is 10.0. The van der Waals surface area contributed by atoms with E-state index in [9.17, 15) is 4.79 Å². The zero-order chi connectivity index (χ0) is 11.4. The number of rotatable bonds is 0. The monoisotopic (exact) mass is 225 g/mol. The van der Waals surface area contributed by atoms with E-state index in [1.165, 1.54) is 0 Å². The van der Waals surface area contributed by atoms with Crippen LogP contribution in [0.3, 0.4) is 0 Å². The number of anilines is 1. The fourth-order valence-electron chi connectivity index (χ4n) is 1.60. The van der Waals surface area contributed by atoms with Gasteiger partial charge in [-0.05, 0) is 30.5 Å². The summed E-state index contributed by atoms with van der Waals surface area (Å²) in [7, 11) is 0. The molecule has 1 heterocycles. The SMILES string of the molecule is CC.Cc1cc(Cl)c2c(c1)CCC(=O)N2. The fourth-order valence-corrected chi connectivity index (χ4v) is 1.94. The molecular weight excluding hydrogens is 210 g/mol. The van der Waals surface area contributed by atoms with Crippen molar-refractivity contribution in [2.75, 3.05) is 5.32 Å². The lowest BCUT2D eigenvalue weighted by molar-refractivity contribution is -0.116. The molecule has 0 spiro atoms. The first-order chi connectivity index (χ1) is 7.16. The predicted molar refractivity (Wildman–Crippen MR) is 64.5 cm³/mol. The Balaban J connectivity index is 0.000000531. The van der Waals surface area contributed by atoms with Crippen LogP contribution < -0.4 is 5.32 Å². The van der Waals surface area contributed by atoms with Crippen LogP contribution in [-0.4, -0.2) is 5.91 Å². The molecule has 1 aliphatic heterocycles. The number of nitrogens with one attached hydrogen (secondary N) is 1. The molecule has 1 N–H and O–H groups in total. The predicted octanol–water partition coefficient (Wildman–Crippen LogP) is 3.56. The first-order valence-electron chi connectivity index (χ1n) is 5.25. The van der Waals surface area contributed by atoms with Crippen molar-refractivity contribution >= 4 is 23.2 Å². The van der Waals surface area contributed by atoms with Crippen LogP contribution in [-0.2, 0) is 11.2 Å². The molecule has 0 aromatic heterocycles. The van der Waals surface area contributed by atoms with E-state index in [2.05, 4.69) is 11.4 Å². The summed E-state index contributed by atoms with van der Waals surface area (Å²) in [6, 6.07) is 3.94. The number of carbonyl (C=O) groups excluding carboxylic acids is 1. The average Bonchev–Trinajstić information content (AvgIpc) is 2.22. The van der Waals surface area contributed by atoms with Gasteiger partial charge in [0.2, 0.25) is 5.91 Å². The first kappa shape index (κ1) is 12.1. The van der Waals surface area contributed by atoms with Gasteiger partial charge in [0.1, 0.15) is 0 Å². The van der Waals surface area contributed by atoms with Crippen LogP contribution in [0.2, 0.25) is 5.02 Å². The summed E-state index contributed by atoms with van der Waals surface area (Å²) >= 11 is 6.00. The van der Waals surface area contributed by atoms with E-state index < -0.39 is 0 Å². The average molecular weight is 226 g/mol. The summed E-state index contributed by atoms with van der Waals surface area (Å²) < 4.78 is 0. The van der Waals surface area contributed by atoms with Crippen molar-refractivity contribution < 1.29 is 4.79 Å². The summed E-state index contributed by atoms with van der Waals surface area (Å²) in [5, 5.41) is 3.43. The topological polar surface area (TPSA) is 29.1 Å². The Morgan fingerprint density at radius 1 is 1.27 bits per heavy atom. The standard InChI is InChI=1S/C10H10ClNO.C2H6/c1-6-4-7-2-3-9(13)12-10(7)8(11)5-6;1-2/h4-5H,2-3H2,1H3,(H,12,13);1-2H3. The maximum Gasteiger partial charge on any atom is 0.224 e. The number of hydrogen-bond donors (Lipinski definition) is 1. The second-order valence-electron chi connectivity index (χ2n) is 3.33. The number of hydrogen-bond acceptors (Lipinski definition) is 1. The first-order valence-corrected chi connectivity index (χ1v) is 5.63. The Labute approximate surface area is 95.6 Å². The van der Waals surface area contributed by atoms with E-state index in [4.69, 9.17) is 11.6 Å². The maximum absolute atomic E-state index is 11.1. The van der Waals surface area contributed by atoms with Crippen molar-refractivity contribution in [2.24, 2.45) is 0 Å². The van der Waals surface area contributed by atoms with Gasteiger partial charge < -0.3 is 5.32 Å². The summed E-state index contributed by atoms with van der Waals surface area (Å²) in [5.74, 6) is 0.0539. The van der Waals surface area contributed by atoms with Gasteiger partial charge in [-0.3, -0.25) is 4.79 Å². The van der Waals surface area contributed by atoms with Crippen molar-refractivity contribution in [2.45, 2.75) is 33.6 Å². The molecule has 1 amide bonds. The molecule has 0 unspecified atom stereocenters. The van der Waals surface area contributed by atoms with E-state index in [0.29, 0.717) is 11.4 Å². The number of amides is 1. The summed E-state index contributed by atoms with van der Waals surface area (Å²) in [5.41, 5.74) is 3.08. The van der Waals surface area contributed by atoms with Gasteiger partial charge in [-0.2, -0.15) is 0 Å². The van der Waals surface area contributed by atoms with E-state index in [1.807, 2.05) is 26.8 Å². The molecule has 2 rings (SSSR count). The Kier molecular flexibility index (Phi) is 4.15. The Morgan fingerprint density at radius 2 is 1.93 bits per heavy atom. The zero-order valence-corrected chi connectivity index (χ0v) is 10.1. The van der Waals surface area contributed by atoms with Crippen molar-refractivity contribution in [1.29, 1.82) is 0 Å². The Bertz CT molecular complexity index is 374. The third kappa shape index (κ3) is 2.72. The minimum atomic E-state index is 0.0539. The maximum atomic E-state index is 11.1. The van der Waals surface area contributed by atoms with Gasteiger partial charge in [0.25, 0.3) is 0 Å². The van der Waals surface area contributed by atoms with E-state index in [1.54, 1.807) is 0 Å². The van der Waals surface area contributed by atoms with Crippen LogP contribution in [0.5, 0.6) is 0 Å². The van der Waals surface area contributed by atoms with Crippen molar-refractivity contribution in [3.8, 4) is 0 Å². The van der Waals surface area contributed by atoms with E-state index in [0.717, 1.165) is 23.2 Å². The zero-order valence-electron chi connectivity index (χ0n) is 9.36. The van der Waals surface area contributed by atoms with Gasteiger partial charge >= 0.3 is 0 Å². The number of aryl methyl sites for hydroxylation is 2. The third-order valence-corrected chi connectivity index (χ3v) is 2.50. The minimum absolute atomic E-state index is 0.0539. The lowest BCUT2D eigenvalue weighted by Crippen LogP contribution is -2.19. The fraction of sp³-hybridized carbons (Fsp3) is 0.417. The minimum Gasteiger partial charge on any atom is -0.325 e. The molecule has 0 fully saturated rings. The Morgan fingerprint density at radius 3 is 2.60 bits per heavy atom. The molecule has 15 heavy (non-hydrogen) atoms. The van der Waals surface area contributed by atoms with Gasteiger partial charge in [-0.1, -0.05) is 31.5 Å². The molecular formula is C12H16ClNO. The van der Waals surface area contributed by atoms with Gasteiger partial charge in [0.15, 0.2) is 0 Å². The van der Waals surface area contributed by atoms with Crippen LogP contribution >= 0.6 is 11.6 Å². The molecule has 3 heteroatoms. The number of fused-ring (bicyclic) bond motifs is 1. The molecule has 0 atom stereocenters. The highest BCUT2D eigenvalue weighted by atomic mass is 35.5. The highest BCUT2D eigenvalue weighted by Crippen LogP contribution is 2.31. The van der Waals surface area contributed by atoms with Gasteiger partial charge in [0.05, 0.1) is 10.7 Å². The normalized spacial score (nSPS) is 13.5. The number of halogens is 1. The Hall–Kier alpha value is -1.02. The van der Waals surface area contributed by atoms with Crippen LogP contribution in [0.25, 0.3) is 0 Å². The number of carbonyl (C=O) groups is 1. The van der Waals surface area contributed by atoms with Crippen molar-refractivity contribution in [3.63, 3.8) is 0 Å². The van der Waals surface area contributed by atoms with Gasteiger partial charge in [-0.15, -0.1) is 0 Å². The summed E-state index contributed by atoms with van der Waals surface area (Å²) in [6.07, 6.45) is 1.36. The molecule has 82 valence electrons. The molecule has 0 aliphatic carbocycles. The summed E-state index contributed by atoms with van der Waals surface area (Å²) in [4.78, 5) is 11.1. The largest absolute Gasteiger partial charge is 0.325 e. The second kappa shape index (κ2) is 5.17. The van der Waals surface area contributed by atoms with Crippen LogP contribution in [0, 0.1) is 6.92 Å². The third-order valence-electron chi connectivity index (χ3n) is 2.20. The van der Waals surface area contributed by atoms with Crippen LogP contribution in [0.1, 0.15) is 31.4 Å². The molecule has 1 aliphatic rings. The molecule has 2 nitrogen and oxygen atoms in total. The number of benzene rings is 1. The molecule has 1 aromatic carbocycles. The molecule has 0 saturated heterocycles. The molecule has 0 saturated carbocycles. The summed E-state index contributed by atoms with van der Waals surface area (Å²) in [6.45, 7) is 6.00. The van der Waals surface area contributed by atoms with Crippen molar-refractivity contribution in [3.05, 3.63) is 28.3 Å². The lowest BCUT2D eigenvalue weighted by Gasteiger charge is -2.18. The van der Waals surface area contributed by atoms with Crippen LogP contribution in [0.15, 0.2) is 12.1 Å². The quantitative estimate of drug-likeness (QED) is 0.719. The highest BCUT2D eigenvalue weighted by molar-refractivity contribution is 6.34. The molecule has 1 aromatic rings. The molecule has 0 bridgehead atoms. The second-order valence-corrected chi connectivity index (χ2v) is 3.74. The van der Waals surface area contributed by atoms with Gasteiger partial charge in [0, 0.05) is 6.42 Å². The van der Waals surface area contributed by atoms with E-state index >= 15 is 0 Å². The smallest absolute Gasteiger partial charge is 0.224 e. The van der Waals surface area contributed by atoms with Gasteiger partial charge in [-0.25, -0.2) is 0 Å². The van der Waals surface area contributed by atoms with E-state index in [-0.39, 0.29) is 5.91 Å². The molecule has 0 radical (unpaired) electrons. The van der Waals surface area contributed by atoms with Crippen LogP contribution in [0.4, 0.5) is 5.69 Å². The van der Waals surface area contributed by atoms with Crippen molar-refractivity contribution in [1.82, 2.24) is 0 Å².